The van der Waals surface area contributed by atoms with Gasteiger partial charge in [0.2, 0.25) is 10.0 Å². The van der Waals surface area contributed by atoms with Crippen molar-refractivity contribution < 1.29 is 8.42 Å². The van der Waals surface area contributed by atoms with Gasteiger partial charge in [-0.1, -0.05) is 80.9 Å². The topological polar surface area (TPSA) is 72.2 Å². The highest BCUT2D eigenvalue weighted by molar-refractivity contribution is 7.89. The van der Waals surface area contributed by atoms with Crippen LogP contribution in [0.15, 0.2) is 60.7 Å². The predicted octanol–water partition coefficient (Wildman–Crippen LogP) is 3.39. The van der Waals surface area contributed by atoms with Gasteiger partial charge in [-0.25, -0.2) is 13.1 Å². The SMILES string of the molecule is CCC(C)CS(=O)(=O)NC(c1ccccc1)C(N)c1ccccc1. The summed E-state index contributed by atoms with van der Waals surface area (Å²) >= 11 is 0. The van der Waals surface area contributed by atoms with Gasteiger partial charge in [-0.05, 0) is 17.0 Å². The van der Waals surface area contributed by atoms with Crippen molar-refractivity contribution in [3.8, 4) is 0 Å². The summed E-state index contributed by atoms with van der Waals surface area (Å²) in [7, 11) is -3.42. The van der Waals surface area contributed by atoms with Crippen molar-refractivity contribution in [3.05, 3.63) is 71.8 Å². The largest absolute Gasteiger partial charge is 0.322 e. The molecule has 2 rings (SSSR count). The molecule has 0 saturated heterocycles. The molecule has 0 spiro atoms. The van der Waals surface area contributed by atoms with E-state index >= 15 is 0 Å². The number of nitrogens with one attached hydrogen (secondary N) is 1. The molecule has 0 amide bonds. The van der Waals surface area contributed by atoms with Crippen molar-refractivity contribution in [1.29, 1.82) is 0 Å². The van der Waals surface area contributed by atoms with E-state index in [0.717, 1.165) is 17.5 Å². The Balaban J connectivity index is 2.31. The van der Waals surface area contributed by atoms with E-state index in [2.05, 4.69) is 4.72 Å². The van der Waals surface area contributed by atoms with Gasteiger partial charge < -0.3 is 5.73 Å². The van der Waals surface area contributed by atoms with E-state index in [4.69, 9.17) is 5.73 Å². The maximum atomic E-state index is 12.6. The standard InChI is InChI=1S/C19H26N2O2S/c1-3-15(2)14-24(22,23)21-19(17-12-8-5-9-13-17)18(20)16-10-6-4-7-11-16/h4-13,15,18-19,21H,3,14,20H2,1-2H3. The molecular weight excluding hydrogens is 320 g/mol. The van der Waals surface area contributed by atoms with Crippen LogP contribution in [0.25, 0.3) is 0 Å². The van der Waals surface area contributed by atoms with Gasteiger partial charge in [-0.3, -0.25) is 0 Å². The van der Waals surface area contributed by atoms with E-state index in [9.17, 15) is 8.42 Å². The smallest absolute Gasteiger partial charge is 0.212 e. The molecule has 0 saturated carbocycles. The van der Waals surface area contributed by atoms with Gasteiger partial charge in [0.1, 0.15) is 0 Å². The normalized spacial score (nSPS) is 15.6. The zero-order valence-corrected chi connectivity index (χ0v) is 15.0. The lowest BCUT2D eigenvalue weighted by Crippen LogP contribution is -2.38. The van der Waals surface area contributed by atoms with Crippen LogP contribution in [0.2, 0.25) is 0 Å². The number of benzene rings is 2. The first kappa shape index (κ1) is 18.6. The van der Waals surface area contributed by atoms with Crippen molar-refractivity contribution in [2.45, 2.75) is 32.4 Å². The molecule has 3 N–H and O–H groups in total. The molecule has 3 unspecified atom stereocenters. The summed E-state index contributed by atoms with van der Waals surface area (Å²) in [5, 5.41) is 0. The van der Waals surface area contributed by atoms with Crippen LogP contribution in [0.3, 0.4) is 0 Å². The number of hydrogen-bond donors (Lipinski definition) is 2. The molecule has 0 aromatic heterocycles. The lowest BCUT2D eigenvalue weighted by atomic mass is 9.95. The third-order valence-corrected chi connectivity index (χ3v) is 5.83. The third-order valence-electron chi connectivity index (χ3n) is 4.21. The summed E-state index contributed by atoms with van der Waals surface area (Å²) < 4.78 is 27.9. The van der Waals surface area contributed by atoms with Gasteiger partial charge >= 0.3 is 0 Å². The Morgan fingerprint density at radius 3 is 1.96 bits per heavy atom. The molecule has 0 bridgehead atoms. The molecule has 0 radical (unpaired) electrons. The first-order valence-electron chi connectivity index (χ1n) is 8.28. The molecule has 5 heteroatoms. The molecule has 0 fully saturated rings. The molecule has 3 atom stereocenters. The molecule has 24 heavy (non-hydrogen) atoms. The van der Waals surface area contributed by atoms with E-state index in [0.29, 0.717) is 0 Å². The minimum Gasteiger partial charge on any atom is -0.322 e. The molecular formula is C19H26N2O2S. The van der Waals surface area contributed by atoms with Crippen molar-refractivity contribution >= 4 is 10.0 Å². The van der Waals surface area contributed by atoms with E-state index in [1.165, 1.54) is 0 Å². The maximum Gasteiger partial charge on any atom is 0.212 e. The fraction of sp³-hybridized carbons (Fsp3) is 0.368. The first-order chi connectivity index (χ1) is 11.4. The summed E-state index contributed by atoms with van der Waals surface area (Å²) in [6.45, 7) is 3.93. The van der Waals surface area contributed by atoms with Crippen LogP contribution in [-0.2, 0) is 10.0 Å². The van der Waals surface area contributed by atoms with Crippen molar-refractivity contribution in [1.82, 2.24) is 4.72 Å². The van der Waals surface area contributed by atoms with Crippen LogP contribution < -0.4 is 10.5 Å². The number of hydrogen-bond acceptors (Lipinski definition) is 3. The minimum atomic E-state index is -3.42. The average molecular weight is 346 g/mol. The predicted molar refractivity (Wildman–Crippen MR) is 98.9 cm³/mol. The Hall–Kier alpha value is -1.69. The zero-order chi connectivity index (χ0) is 17.6. The van der Waals surface area contributed by atoms with Crippen LogP contribution in [0, 0.1) is 5.92 Å². The van der Waals surface area contributed by atoms with Crippen LogP contribution >= 0.6 is 0 Å². The molecule has 0 heterocycles. The second-order valence-electron chi connectivity index (χ2n) is 6.24. The summed E-state index contributed by atoms with van der Waals surface area (Å²) in [4.78, 5) is 0. The van der Waals surface area contributed by atoms with Crippen molar-refractivity contribution in [2.75, 3.05) is 5.75 Å². The van der Waals surface area contributed by atoms with Gasteiger partial charge in [0, 0.05) is 0 Å². The maximum absolute atomic E-state index is 12.6. The van der Waals surface area contributed by atoms with Gasteiger partial charge in [0.25, 0.3) is 0 Å². The van der Waals surface area contributed by atoms with E-state index < -0.39 is 22.1 Å². The lowest BCUT2D eigenvalue weighted by molar-refractivity contribution is 0.494. The zero-order valence-electron chi connectivity index (χ0n) is 14.2. The van der Waals surface area contributed by atoms with Gasteiger partial charge in [0.05, 0.1) is 17.8 Å². The Morgan fingerprint density at radius 1 is 0.958 bits per heavy atom. The van der Waals surface area contributed by atoms with Gasteiger partial charge in [0.15, 0.2) is 0 Å². The summed E-state index contributed by atoms with van der Waals surface area (Å²) in [6.07, 6.45) is 0.821. The number of sulfonamides is 1. The molecule has 4 nitrogen and oxygen atoms in total. The molecule has 0 aliphatic carbocycles. The molecule has 2 aromatic carbocycles. The van der Waals surface area contributed by atoms with E-state index in [1.807, 2.05) is 74.5 Å². The van der Waals surface area contributed by atoms with Gasteiger partial charge in [-0.2, -0.15) is 0 Å². The monoisotopic (exact) mass is 346 g/mol. The Kier molecular flexibility index (Phi) is 6.54. The Morgan fingerprint density at radius 2 is 1.46 bits per heavy atom. The second-order valence-corrected chi connectivity index (χ2v) is 8.04. The first-order valence-corrected chi connectivity index (χ1v) is 9.93. The minimum absolute atomic E-state index is 0.104. The van der Waals surface area contributed by atoms with Crippen molar-refractivity contribution in [3.63, 3.8) is 0 Å². The van der Waals surface area contributed by atoms with E-state index in [1.54, 1.807) is 0 Å². The van der Waals surface area contributed by atoms with Crippen LogP contribution in [0.5, 0.6) is 0 Å². The summed E-state index contributed by atoms with van der Waals surface area (Å²) in [5.74, 6) is 0.209. The highest BCUT2D eigenvalue weighted by Gasteiger charge is 2.27. The number of rotatable bonds is 8. The molecule has 130 valence electrons. The van der Waals surface area contributed by atoms with Crippen molar-refractivity contribution in [2.24, 2.45) is 11.7 Å². The fourth-order valence-corrected chi connectivity index (χ4v) is 4.36. The van der Waals surface area contributed by atoms with E-state index in [-0.39, 0.29) is 11.7 Å². The fourth-order valence-electron chi connectivity index (χ4n) is 2.61. The highest BCUT2D eigenvalue weighted by Crippen LogP contribution is 2.27. The lowest BCUT2D eigenvalue weighted by Gasteiger charge is -2.26. The Bertz CT molecular complexity index is 718. The Labute approximate surface area is 145 Å². The molecule has 2 aromatic rings. The quantitative estimate of drug-likeness (QED) is 0.769. The average Bonchev–Trinajstić information content (AvgIpc) is 2.60. The third kappa shape index (κ3) is 5.16. The molecule has 0 aliphatic heterocycles. The number of nitrogens with two attached hydrogens (primary N) is 1. The summed E-state index contributed by atoms with van der Waals surface area (Å²) in [6, 6.07) is 18.1. The van der Waals surface area contributed by atoms with Crippen LogP contribution in [0.1, 0.15) is 43.5 Å². The van der Waals surface area contributed by atoms with Crippen LogP contribution in [0.4, 0.5) is 0 Å². The van der Waals surface area contributed by atoms with Crippen LogP contribution in [-0.4, -0.2) is 14.2 Å². The molecule has 0 aliphatic rings. The second kappa shape index (κ2) is 8.42. The summed E-state index contributed by atoms with van der Waals surface area (Å²) in [5.41, 5.74) is 8.18. The highest BCUT2D eigenvalue weighted by atomic mass is 32.2. The van der Waals surface area contributed by atoms with Gasteiger partial charge in [-0.15, -0.1) is 0 Å².